The van der Waals surface area contributed by atoms with Crippen molar-refractivity contribution in [3.63, 3.8) is 0 Å². The fourth-order valence-corrected chi connectivity index (χ4v) is 3.34. The lowest BCUT2D eigenvalue weighted by molar-refractivity contribution is 0.345. The molecule has 2 atom stereocenters. The maximum absolute atomic E-state index is 3.64. The molecule has 0 aliphatic carbocycles. The third-order valence-electron chi connectivity index (χ3n) is 3.63. The summed E-state index contributed by atoms with van der Waals surface area (Å²) < 4.78 is 0. The number of nitrogens with one attached hydrogen (secondary N) is 2. The van der Waals surface area contributed by atoms with Crippen LogP contribution in [0.3, 0.4) is 0 Å². The average Bonchev–Trinajstić information content (AvgIpc) is 2.74. The van der Waals surface area contributed by atoms with E-state index in [9.17, 15) is 0 Å². The SMILES string of the molecule is Cc1ccsc1CNC(C)CC1CCCCN1. The molecule has 2 N–H and O–H groups in total. The van der Waals surface area contributed by atoms with Crippen LogP contribution in [0.2, 0.25) is 0 Å². The molecule has 0 aromatic carbocycles. The molecule has 0 bridgehead atoms. The van der Waals surface area contributed by atoms with Crippen molar-refractivity contribution in [1.29, 1.82) is 0 Å². The minimum absolute atomic E-state index is 0.604. The van der Waals surface area contributed by atoms with E-state index in [1.165, 1.54) is 42.7 Å². The third kappa shape index (κ3) is 4.09. The molecule has 1 saturated heterocycles. The van der Waals surface area contributed by atoms with Crippen LogP contribution >= 0.6 is 11.3 Å². The molecule has 0 amide bonds. The first-order valence-corrected chi connectivity index (χ1v) is 7.63. The van der Waals surface area contributed by atoms with Crippen molar-refractivity contribution in [3.8, 4) is 0 Å². The summed E-state index contributed by atoms with van der Waals surface area (Å²) >= 11 is 1.86. The number of rotatable bonds is 5. The molecular formula is C14H24N2S. The second kappa shape index (κ2) is 6.53. The van der Waals surface area contributed by atoms with E-state index >= 15 is 0 Å². The van der Waals surface area contributed by atoms with Crippen LogP contribution < -0.4 is 10.6 Å². The van der Waals surface area contributed by atoms with Gasteiger partial charge in [-0.1, -0.05) is 6.42 Å². The summed E-state index contributed by atoms with van der Waals surface area (Å²) in [5.74, 6) is 0. The second-order valence-electron chi connectivity index (χ2n) is 5.19. The van der Waals surface area contributed by atoms with Gasteiger partial charge in [0.05, 0.1) is 0 Å². The normalized spacial score (nSPS) is 22.6. The molecule has 2 heterocycles. The quantitative estimate of drug-likeness (QED) is 0.841. The van der Waals surface area contributed by atoms with Crippen molar-refractivity contribution in [2.75, 3.05) is 6.54 Å². The van der Waals surface area contributed by atoms with Crippen molar-refractivity contribution in [2.45, 2.75) is 58.2 Å². The molecule has 0 radical (unpaired) electrons. The highest BCUT2D eigenvalue weighted by molar-refractivity contribution is 7.10. The molecule has 2 rings (SSSR count). The van der Waals surface area contributed by atoms with E-state index in [-0.39, 0.29) is 0 Å². The first kappa shape index (κ1) is 13.1. The Kier molecular flexibility index (Phi) is 5.01. The summed E-state index contributed by atoms with van der Waals surface area (Å²) in [5.41, 5.74) is 1.42. The lowest BCUT2D eigenvalue weighted by Gasteiger charge is -2.26. The highest BCUT2D eigenvalue weighted by atomic mass is 32.1. The van der Waals surface area contributed by atoms with E-state index in [1.807, 2.05) is 11.3 Å². The van der Waals surface area contributed by atoms with Crippen LogP contribution in [0.5, 0.6) is 0 Å². The van der Waals surface area contributed by atoms with E-state index in [0.717, 1.165) is 12.6 Å². The van der Waals surface area contributed by atoms with E-state index in [4.69, 9.17) is 0 Å². The van der Waals surface area contributed by atoms with Gasteiger partial charge in [0.1, 0.15) is 0 Å². The summed E-state index contributed by atoms with van der Waals surface area (Å²) in [7, 11) is 0. The molecule has 1 fully saturated rings. The van der Waals surface area contributed by atoms with Gasteiger partial charge in [0.25, 0.3) is 0 Å². The van der Waals surface area contributed by atoms with Gasteiger partial charge >= 0.3 is 0 Å². The number of hydrogen-bond donors (Lipinski definition) is 2. The van der Waals surface area contributed by atoms with Crippen LogP contribution in [-0.2, 0) is 6.54 Å². The van der Waals surface area contributed by atoms with Gasteiger partial charge in [-0.15, -0.1) is 11.3 Å². The molecule has 2 unspecified atom stereocenters. The molecule has 17 heavy (non-hydrogen) atoms. The Morgan fingerprint density at radius 1 is 1.53 bits per heavy atom. The number of thiophene rings is 1. The van der Waals surface area contributed by atoms with Crippen LogP contribution in [0, 0.1) is 6.92 Å². The van der Waals surface area contributed by atoms with Gasteiger partial charge in [-0.3, -0.25) is 0 Å². The number of aryl methyl sites for hydroxylation is 1. The van der Waals surface area contributed by atoms with Crippen molar-refractivity contribution in [3.05, 3.63) is 21.9 Å². The molecule has 0 spiro atoms. The zero-order valence-corrected chi connectivity index (χ0v) is 11.8. The maximum atomic E-state index is 3.64. The topological polar surface area (TPSA) is 24.1 Å². The molecule has 1 aliphatic heterocycles. The van der Waals surface area contributed by atoms with Gasteiger partial charge in [0.2, 0.25) is 0 Å². The summed E-state index contributed by atoms with van der Waals surface area (Å²) in [6.45, 7) is 6.74. The first-order chi connectivity index (χ1) is 8.25. The Labute approximate surface area is 109 Å². The molecule has 0 saturated carbocycles. The zero-order chi connectivity index (χ0) is 12.1. The van der Waals surface area contributed by atoms with Crippen LogP contribution in [0.25, 0.3) is 0 Å². The van der Waals surface area contributed by atoms with Crippen molar-refractivity contribution in [1.82, 2.24) is 10.6 Å². The largest absolute Gasteiger partial charge is 0.314 e. The minimum atomic E-state index is 0.604. The lowest BCUT2D eigenvalue weighted by atomic mass is 9.99. The Bertz CT molecular complexity index is 329. The molecule has 2 nitrogen and oxygen atoms in total. The molecule has 1 aromatic heterocycles. The molecule has 3 heteroatoms. The lowest BCUT2D eigenvalue weighted by Crippen LogP contribution is -2.39. The Morgan fingerprint density at radius 2 is 2.41 bits per heavy atom. The van der Waals surface area contributed by atoms with Gasteiger partial charge in [-0.2, -0.15) is 0 Å². The summed E-state index contributed by atoms with van der Waals surface area (Å²) in [4.78, 5) is 1.48. The fourth-order valence-electron chi connectivity index (χ4n) is 2.49. The van der Waals surface area contributed by atoms with Crippen LogP contribution in [-0.4, -0.2) is 18.6 Å². The maximum Gasteiger partial charge on any atom is 0.0304 e. The third-order valence-corrected chi connectivity index (χ3v) is 4.65. The standard InChI is InChI=1S/C14H24N2S/c1-11-6-8-17-14(11)10-16-12(2)9-13-5-3-4-7-15-13/h6,8,12-13,15-16H,3-5,7,9-10H2,1-2H3. The van der Waals surface area contributed by atoms with Crippen molar-refractivity contribution in [2.24, 2.45) is 0 Å². The van der Waals surface area contributed by atoms with E-state index < -0.39 is 0 Å². The number of piperidine rings is 1. The van der Waals surface area contributed by atoms with Gasteiger partial charge in [-0.05, 0) is 56.7 Å². The first-order valence-electron chi connectivity index (χ1n) is 6.75. The molecule has 1 aromatic rings. The highest BCUT2D eigenvalue weighted by Gasteiger charge is 2.15. The monoisotopic (exact) mass is 252 g/mol. The summed E-state index contributed by atoms with van der Waals surface area (Å²) in [5, 5.41) is 9.44. The van der Waals surface area contributed by atoms with Gasteiger partial charge in [0, 0.05) is 23.5 Å². The predicted octanol–water partition coefficient (Wildman–Crippen LogP) is 3.07. The summed E-state index contributed by atoms with van der Waals surface area (Å²) in [6, 6.07) is 3.54. The van der Waals surface area contributed by atoms with Crippen LogP contribution in [0.15, 0.2) is 11.4 Å². The van der Waals surface area contributed by atoms with Crippen molar-refractivity contribution < 1.29 is 0 Å². The zero-order valence-electron chi connectivity index (χ0n) is 11.0. The van der Waals surface area contributed by atoms with E-state index in [2.05, 4.69) is 35.9 Å². The van der Waals surface area contributed by atoms with Crippen LogP contribution in [0.4, 0.5) is 0 Å². The minimum Gasteiger partial charge on any atom is -0.314 e. The van der Waals surface area contributed by atoms with E-state index in [0.29, 0.717) is 6.04 Å². The highest BCUT2D eigenvalue weighted by Crippen LogP contribution is 2.16. The van der Waals surface area contributed by atoms with Gasteiger partial charge in [0.15, 0.2) is 0 Å². The fraction of sp³-hybridized carbons (Fsp3) is 0.714. The second-order valence-corrected chi connectivity index (χ2v) is 6.19. The Balaban J connectivity index is 1.70. The Morgan fingerprint density at radius 3 is 3.06 bits per heavy atom. The number of hydrogen-bond acceptors (Lipinski definition) is 3. The molecule has 1 aliphatic rings. The van der Waals surface area contributed by atoms with Crippen molar-refractivity contribution >= 4 is 11.3 Å². The Hall–Kier alpha value is -0.380. The summed E-state index contributed by atoms with van der Waals surface area (Å²) in [6.07, 6.45) is 5.36. The van der Waals surface area contributed by atoms with Gasteiger partial charge < -0.3 is 10.6 Å². The predicted molar refractivity (Wildman–Crippen MR) is 75.6 cm³/mol. The van der Waals surface area contributed by atoms with Crippen LogP contribution in [0.1, 0.15) is 43.0 Å². The van der Waals surface area contributed by atoms with Gasteiger partial charge in [-0.25, -0.2) is 0 Å². The smallest absolute Gasteiger partial charge is 0.0304 e. The van der Waals surface area contributed by atoms with E-state index in [1.54, 1.807) is 0 Å². The average molecular weight is 252 g/mol. The molecule has 96 valence electrons. The molecular weight excluding hydrogens is 228 g/mol.